The molecule has 0 radical (unpaired) electrons. The standard InChI is InChI=1S/C19H37NO4S/c1-2-19(21)20-17-15-13-11-9-7-5-3-4-6-8-10-12-14-16-18-25(22,23)24/h2H,1,3-18H2,(H,20,21)(H,22,23,24). The van der Waals surface area contributed by atoms with Gasteiger partial charge in [0.1, 0.15) is 0 Å². The Balaban J connectivity index is 3.09. The molecule has 0 unspecified atom stereocenters. The van der Waals surface area contributed by atoms with E-state index in [-0.39, 0.29) is 11.7 Å². The average Bonchev–Trinajstić information content (AvgIpc) is 2.56. The minimum Gasteiger partial charge on any atom is -0.353 e. The van der Waals surface area contributed by atoms with Gasteiger partial charge in [0.2, 0.25) is 5.91 Å². The van der Waals surface area contributed by atoms with Crippen LogP contribution in [0.2, 0.25) is 0 Å². The summed E-state index contributed by atoms with van der Waals surface area (Å²) >= 11 is 0. The van der Waals surface area contributed by atoms with Crippen molar-refractivity contribution in [3.8, 4) is 0 Å². The molecule has 6 heteroatoms. The molecular weight excluding hydrogens is 338 g/mol. The molecule has 0 bridgehead atoms. The Bertz CT molecular complexity index is 435. The smallest absolute Gasteiger partial charge is 0.264 e. The number of carbonyl (C=O) groups excluding carboxylic acids is 1. The van der Waals surface area contributed by atoms with Crippen LogP contribution in [0.3, 0.4) is 0 Å². The van der Waals surface area contributed by atoms with Crippen LogP contribution < -0.4 is 5.32 Å². The first-order chi connectivity index (χ1) is 12.0. The third-order valence-corrected chi connectivity index (χ3v) is 5.12. The molecule has 0 saturated heterocycles. The summed E-state index contributed by atoms with van der Waals surface area (Å²) in [6.07, 6.45) is 17.4. The van der Waals surface area contributed by atoms with Crippen LogP contribution in [0.4, 0.5) is 0 Å². The average molecular weight is 376 g/mol. The molecule has 0 aliphatic carbocycles. The Morgan fingerprint density at radius 3 is 1.48 bits per heavy atom. The fourth-order valence-electron chi connectivity index (χ4n) is 2.81. The summed E-state index contributed by atoms with van der Waals surface area (Å²) in [6.45, 7) is 4.17. The maximum atomic E-state index is 10.9. The second kappa shape index (κ2) is 16.6. The number of unbranched alkanes of at least 4 members (excludes halogenated alkanes) is 13. The van der Waals surface area contributed by atoms with Gasteiger partial charge >= 0.3 is 0 Å². The van der Waals surface area contributed by atoms with Crippen molar-refractivity contribution < 1.29 is 17.8 Å². The third-order valence-electron chi connectivity index (χ3n) is 4.31. The summed E-state index contributed by atoms with van der Waals surface area (Å²) in [4.78, 5) is 10.9. The van der Waals surface area contributed by atoms with Gasteiger partial charge in [-0.2, -0.15) is 8.42 Å². The lowest BCUT2D eigenvalue weighted by molar-refractivity contribution is -0.116. The number of amides is 1. The van der Waals surface area contributed by atoms with E-state index in [1.54, 1.807) is 0 Å². The van der Waals surface area contributed by atoms with E-state index in [0.29, 0.717) is 6.42 Å². The van der Waals surface area contributed by atoms with Crippen molar-refractivity contribution in [2.24, 2.45) is 0 Å². The Hall–Kier alpha value is -0.880. The highest BCUT2D eigenvalue weighted by Crippen LogP contribution is 2.13. The molecule has 0 rings (SSSR count). The first-order valence-corrected chi connectivity index (χ1v) is 11.4. The Morgan fingerprint density at radius 1 is 0.760 bits per heavy atom. The highest BCUT2D eigenvalue weighted by atomic mass is 32.2. The number of hydrogen-bond acceptors (Lipinski definition) is 3. The molecule has 2 N–H and O–H groups in total. The second-order valence-corrected chi connectivity index (χ2v) is 8.30. The lowest BCUT2D eigenvalue weighted by Crippen LogP contribution is -2.21. The molecule has 0 spiro atoms. The van der Waals surface area contributed by atoms with E-state index < -0.39 is 10.1 Å². The molecule has 0 aromatic rings. The van der Waals surface area contributed by atoms with Crippen LogP contribution in [0.25, 0.3) is 0 Å². The SMILES string of the molecule is C=CC(=O)NCCCCCCCCCCCCCCCCS(=O)(=O)O. The molecule has 0 saturated carbocycles. The van der Waals surface area contributed by atoms with Crippen LogP contribution in [0.5, 0.6) is 0 Å². The van der Waals surface area contributed by atoms with Gasteiger partial charge in [0.15, 0.2) is 0 Å². The largest absolute Gasteiger partial charge is 0.353 e. The summed E-state index contributed by atoms with van der Waals surface area (Å²) in [7, 11) is -3.77. The van der Waals surface area contributed by atoms with Crippen LogP contribution in [0, 0.1) is 0 Å². The van der Waals surface area contributed by atoms with Gasteiger partial charge in [-0.05, 0) is 18.9 Å². The quantitative estimate of drug-likeness (QED) is 0.208. The number of nitrogens with one attached hydrogen (secondary N) is 1. The van der Waals surface area contributed by atoms with Gasteiger partial charge in [0, 0.05) is 6.54 Å². The Kier molecular flexibility index (Phi) is 16.0. The second-order valence-electron chi connectivity index (χ2n) is 6.73. The normalized spacial score (nSPS) is 11.4. The van der Waals surface area contributed by atoms with Gasteiger partial charge in [0.05, 0.1) is 5.75 Å². The molecule has 0 aromatic carbocycles. The minimum atomic E-state index is -3.77. The summed E-state index contributed by atoms with van der Waals surface area (Å²) < 4.78 is 29.7. The van der Waals surface area contributed by atoms with Gasteiger partial charge in [-0.3, -0.25) is 9.35 Å². The number of hydrogen-bond donors (Lipinski definition) is 2. The molecule has 5 nitrogen and oxygen atoms in total. The van der Waals surface area contributed by atoms with Crippen LogP contribution in [-0.4, -0.2) is 31.2 Å². The molecule has 148 valence electrons. The zero-order valence-corrected chi connectivity index (χ0v) is 16.5. The predicted octanol–water partition coefficient (Wildman–Crippen LogP) is 4.64. The van der Waals surface area contributed by atoms with Crippen LogP contribution in [-0.2, 0) is 14.9 Å². The van der Waals surface area contributed by atoms with E-state index in [1.165, 1.54) is 63.9 Å². The molecule has 0 aliphatic rings. The van der Waals surface area contributed by atoms with Gasteiger partial charge < -0.3 is 5.32 Å². The third kappa shape index (κ3) is 21.1. The highest BCUT2D eigenvalue weighted by molar-refractivity contribution is 7.85. The molecule has 0 aromatic heterocycles. The first-order valence-electron chi connectivity index (χ1n) is 9.81. The number of rotatable bonds is 18. The van der Waals surface area contributed by atoms with E-state index in [9.17, 15) is 13.2 Å². The lowest BCUT2D eigenvalue weighted by Gasteiger charge is -2.04. The summed E-state index contributed by atoms with van der Waals surface area (Å²) in [5, 5.41) is 2.79. The predicted molar refractivity (Wildman–Crippen MR) is 104 cm³/mol. The number of carbonyl (C=O) groups is 1. The van der Waals surface area contributed by atoms with E-state index in [2.05, 4.69) is 11.9 Å². The fraction of sp³-hybridized carbons (Fsp3) is 0.842. The van der Waals surface area contributed by atoms with Crippen molar-refractivity contribution >= 4 is 16.0 Å². The van der Waals surface area contributed by atoms with Gasteiger partial charge in [-0.15, -0.1) is 0 Å². The van der Waals surface area contributed by atoms with Gasteiger partial charge in [-0.1, -0.05) is 83.6 Å². The van der Waals surface area contributed by atoms with Crippen molar-refractivity contribution in [1.29, 1.82) is 0 Å². The van der Waals surface area contributed by atoms with Crippen LogP contribution in [0.1, 0.15) is 89.9 Å². The summed E-state index contributed by atoms with van der Waals surface area (Å²) in [6, 6.07) is 0. The van der Waals surface area contributed by atoms with E-state index >= 15 is 0 Å². The van der Waals surface area contributed by atoms with Crippen molar-refractivity contribution in [2.75, 3.05) is 12.3 Å². The summed E-state index contributed by atoms with van der Waals surface area (Å²) in [5.74, 6) is -0.186. The zero-order chi connectivity index (χ0) is 18.8. The van der Waals surface area contributed by atoms with Crippen LogP contribution in [0.15, 0.2) is 12.7 Å². The molecule has 0 aliphatic heterocycles. The molecule has 25 heavy (non-hydrogen) atoms. The van der Waals surface area contributed by atoms with Crippen molar-refractivity contribution in [3.63, 3.8) is 0 Å². The van der Waals surface area contributed by atoms with E-state index in [1.807, 2.05) is 0 Å². The monoisotopic (exact) mass is 375 g/mol. The topological polar surface area (TPSA) is 83.5 Å². The maximum Gasteiger partial charge on any atom is 0.264 e. The van der Waals surface area contributed by atoms with Crippen molar-refractivity contribution in [3.05, 3.63) is 12.7 Å². The lowest BCUT2D eigenvalue weighted by atomic mass is 10.0. The molecule has 1 amide bonds. The molecule has 0 fully saturated rings. The molecule has 0 atom stereocenters. The zero-order valence-electron chi connectivity index (χ0n) is 15.7. The van der Waals surface area contributed by atoms with E-state index in [4.69, 9.17) is 4.55 Å². The Morgan fingerprint density at radius 2 is 1.12 bits per heavy atom. The van der Waals surface area contributed by atoms with Crippen molar-refractivity contribution in [2.45, 2.75) is 89.9 Å². The Labute approximate surface area is 154 Å². The van der Waals surface area contributed by atoms with Crippen molar-refractivity contribution in [1.82, 2.24) is 5.32 Å². The fourth-order valence-corrected chi connectivity index (χ4v) is 3.38. The maximum absolute atomic E-state index is 10.9. The molecule has 0 heterocycles. The summed E-state index contributed by atoms with van der Waals surface area (Å²) in [5.41, 5.74) is 0. The molecular formula is C19H37NO4S. The highest BCUT2D eigenvalue weighted by Gasteiger charge is 2.02. The first kappa shape index (κ1) is 24.1. The van der Waals surface area contributed by atoms with E-state index in [0.717, 1.165) is 32.2 Å². The minimum absolute atomic E-state index is 0.0851. The van der Waals surface area contributed by atoms with Crippen LogP contribution >= 0.6 is 0 Å². The van der Waals surface area contributed by atoms with Gasteiger partial charge in [-0.25, -0.2) is 0 Å². The van der Waals surface area contributed by atoms with Gasteiger partial charge in [0.25, 0.3) is 10.1 Å².